The number of halogens is 1. The molecule has 0 N–H and O–H groups in total. The molecule has 0 aliphatic rings. The third kappa shape index (κ3) is 1.83. The SMILES string of the molecule is Cc1nn(C(C)C)c(-n2cnc3ccccc32)c1Cl. The van der Waals surface area contributed by atoms with Crippen LogP contribution in [0.4, 0.5) is 0 Å². The number of para-hydroxylation sites is 2. The standard InChI is InChI=1S/C14H15ClN4/c1-9(2)19-14(13(15)10(3)17-19)18-8-16-11-6-4-5-7-12(11)18/h4-9H,1-3H3. The topological polar surface area (TPSA) is 35.6 Å². The lowest BCUT2D eigenvalue weighted by atomic mass is 10.3. The highest BCUT2D eigenvalue weighted by Crippen LogP contribution is 2.29. The maximum atomic E-state index is 6.42. The minimum absolute atomic E-state index is 0.238. The Morgan fingerprint density at radius 1 is 1.21 bits per heavy atom. The Kier molecular flexibility index (Phi) is 2.82. The van der Waals surface area contributed by atoms with Gasteiger partial charge in [-0.3, -0.25) is 4.57 Å². The molecule has 0 unspecified atom stereocenters. The lowest BCUT2D eigenvalue weighted by Crippen LogP contribution is -2.09. The van der Waals surface area contributed by atoms with E-state index in [0.717, 1.165) is 22.5 Å². The molecule has 0 spiro atoms. The monoisotopic (exact) mass is 274 g/mol. The van der Waals surface area contributed by atoms with Crippen LogP contribution in [0.3, 0.4) is 0 Å². The number of hydrogen-bond donors (Lipinski definition) is 0. The van der Waals surface area contributed by atoms with E-state index in [-0.39, 0.29) is 6.04 Å². The summed E-state index contributed by atoms with van der Waals surface area (Å²) in [6.45, 7) is 6.10. The van der Waals surface area contributed by atoms with Gasteiger partial charge in [0.15, 0.2) is 5.82 Å². The summed E-state index contributed by atoms with van der Waals surface area (Å²) < 4.78 is 3.93. The van der Waals surface area contributed by atoms with E-state index < -0.39 is 0 Å². The molecule has 0 atom stereocenters. The van der Waals surface area contributed by atoms with Crippen molar-refractivity contribution in [3.63, 3.8) is 0 Å². The largest absolute Gasteiger partial charge is 0.282 e. The van der Waals surface area contributed by atoms with Crippen molar-refractivity contribution in [3.8, 4) is 5.82 Å². The van der Waals surface area contributed by atoms with E-state index >= 15 is 0 Å². The van der Waals surface area contributed by atoms with Crippen molar-refractivity contribution in [3.05, 3.63) is 41.3 Å². The van der Waals surface area contributed by atoms with Gasteiger partial charge >= 0.3 is 0 Å². The molecule has 2 aromatic heterocycles. The average Bonchev–Trinajstić information content (AvgIpc) is 2.92. The van der Waals surface area contributed by atoms with E-state index in [0.29, 0.717) is 5.02 Å². The number of imidazole rings is 1. The number of aromatic nitrogens is 4. The van der Waals surface area contributed by atoms with Gasteiger partial charge in [0.25, 0.3) is 0 Å². The molecule has 1 aromatic carbocycles. The second kappa shape index (κ2) is 4.38. The van der Waals surface area contributed by atoms with E-state index in [1.54, 1.807) is 6.33 Å². The first-order valence-electron chi connectivity index (χ1n) is 6.26. The van der Waals surface area contributed by atoms with Gasteiger partial charge in [-0.15, -0.1) is 0 Å². The van der Waals surface area contributed by atoms with Gasteiger partial charge < -0.3 is 0 Å². The molecule has 0 bridgehead atoms. The molecule has 98 valence electrons. The molecule has 5 heteroatoms. The highest BCUT2D eigenvalue weighted by atomic mass is 35.5. The minimum Gasteiger partial charge on any atom is -0.282 e. The smallest absolute Gasteiger partial charge is 0.156 e. The van der Waals surface area contributed by atoms with Gasteiger partial charge in [0.05, 0.1) is 16.7 Å². The van der Waals surface area contributed by atoms with E-state index in [1.807, 2.05) is 40.4 Å². The van der Waals surface area contributed by atoms with Crippen LogP contribution < -0.4 is 0 Å². The molecule has 0 saturated heterocycles. The number of benzene rings is 1. The minimum atomic E-state index is 0.238. The highest BCUT2D eigenvalue weighted by molar-refractivity contribution is 6.33. The van der Waals surface area contributed by atoms with Crippen LogP contribution in [0, 0.1) is 6.92 Å². The number of nitrogens with zero attached hydrogens (tertiary/aromatic N) is 4. The Hall–Kier alpha value is -1.81. The third-order valence-electron chi connectivity index (χ3n) is 3.16. The van der Waals surface area contributed by atoms with Crippen LogP contribution in [0.15, 0.2) is 30.6 Å². The molecule has 3 rings (SSSR count). The first-order valence-corrected chi connectivity index (χ1v) is 6.64. The number of fused-ring (bicyclic) bond motifs is 1. The first-order chi connectivity index (χ1) is 9.09. The van der Waals surface area contributed by atoms with Crippen LogP contribution in [-0.4, -0.2) is 19.3 Å². The quantitative estimate of drug-likeness (QED) is 0.713. The zero-order valence-corrected chi connectivity index (χ0v) is 11.9. The van der Waals surface area contributed by atoms with E-state index in [2.05, 4.69) is 23.9 Å². The maximum absolute atomic E-state index is 6.42. The number of aryl methyl sites for hydroxylation is 1. The summed E-state index contributed by atoms with van der Waals surface area (Å²) in [6, 6.07) is 8.24. The summed E-state index contributed by atoms with van der Waals surface area (Å²) in [7, 11) is 0. The number of rotatable bonds is 2. The van der Waals surface area contributed by atoms with Crippen LogP contribution in [0.25, 0.3) is 16.9 Å². The lowest BCUT2D eigenvalue weighted by Gasteiger charge is -2.12. The highest BCUT2D eigenvalue weighted by Gasteiger charge is 2.18. The van der Waals surface area contributed by atoms with Crippen LogP contribution in [0.1, 0.15) is 25.6 Å². The molecule has 0 fully saturated rings. The van der Waals surface area contributed by atoms with Gasteiger partial charge in [-0.2, -0.15) is 5.10 Å². The molecule has 4 nitrogen and oxygen atoms in total. The molecule has 2 heterocycles. The summed E-state index contributed by atoms with van der Waals surface area (Å²) in [4.78, 5) is 4.41. The fraction of sp³-hybridized carbons (Fsp3) is 0.286. The Bertz CT molecular complexity index is 739. The molecule has 0 aliphatic carbocycles. The van der Waals surface area contributed by atoms with Crippen molar-refractivity contribution >= 4 is 22.6 Å². The Morgan fingerprint density at radius 3 is 2.68 bits per heavy atom. The van der Waals surface area contributed by atoms with E-state index in [9.17, 15) is 0 Å². The zero-order valence-electron chi connectivity index (χ0n) is 11.1. The molecular formula is C14H15ClN4. The lowest BCUT2D eigenvalue weighted by molar-refractivity contribution is 0.520. The molecule has 0 radical (unpaired) electrons. The first kappa shape index (κ1) is 12.2. The fourth-order valence-electron chi connectivity index (χ4n) is 2.22. The van der Waals surface area contributed by atoms with E-state index in [4.69, 9.17) is 11.6 Å². The summed E-state index contributed by atoms with van der Waals surface area (Å²) in [5, 5.41) is 5.19. The Balaban J connectivity index is 2.32. The summed E-state index contributed by atoms with van der Waals surface area (Å²) >= 11 is 6.42. The van der Waals surface area contributed by atoms with E-state index in [1.165, 1.54) is 0 Å². The van der Waals surface area contributed by atoms with Crippen molar-refractivity contribution in [2.45, 2.75) is 26.8 Å². The van der Waals surface area contributed by atoms with Crippen molar-refractivity contribution in [1.82, 2.24) is 19.3 Å². The van der Waals surface area contributed by atoms with Crippen molar-refractivity contribution in [2.24, 2.45) is 0 Å². The van der Waals surface area contributed by atoms with Gasteiger partial charge in [0.2, 0.25) is 0 Å². The normalized spacial score (nSPS) is 11.6. The van der Waals surface area contributed by atoms with Gasteiger partial charge in [-0.05, 0) is 32.9 Å². The van der Waals surface area contributed by atoms with Gasteiger partial charge in [0, 0.05) is 6.04 Å². The van der Waals surface area contributed by atoms with Crippen molar-refractivity contribution in [1.29, 1.82) is 0 Å². The van der Waals surface area contributed by atoms with Crippen LogP contribution in [0.2, 0.25) is 5.02 Å². The fourth-order valence-corrected chi connectivity index (χ4v) is 2.43. The van der Waals surface area contributed by atoms with Crippen LogP contribution in [0.5, 0.6) is 0 Å². The van der Waals surface area contributed by atoms with Crippen LogP contribution >= 0.6 is 11.6 Å². The molecular weight excluding hydrogens is 260 g/mol. The predicted octanol–water partition coefficient (Wildman–Crippen LogP) is 3.76. The second-order valence-corrected chi connectivity index (χ2v) is 5.24. The maximum Gasteiger partial charge on any atom is 0.156 e. The average molecular weight is 275 g/mol. The van der Waals surface area contributed by atoms with Crippen molar-refractivity contribution in [2.75, 3.05) is 0 Å². The predicted molar refractivity (Wildman–Crippen MR) is 77.0 cm³/mol. The molecule has 0 saturated carbocycles. The molecule has 19 heavy (non-hydrogen) atoms. The van der Waals surface area contributed by atoms with Gasteiger partial charge in [-0.25, -0.2) is 9.67 Å². The Labute approximate surface area is 116 Å². The number of hydrogen-bond acceptors (Lipinski definition) is 2. The summed E-state index contributed by atoms with van der Waals surface area (Å²) in [6.07, 6.45) is 1.80. The molecule has 3 aromatic rings. The third-order valence-corrected chi connectivity index (χ3v) is 3.60. The second-order valence-electron chi connectivity index (χ2n) is 4.86. The molecule has 0 aliphatic heterocycles. The summed E-state index contributed by atoms with van der Waals surface area (Å²) in [5.41, 5.74) is 2.82. The van der Waals surface area contributed by atoms with Crippen molar-refractivity contribution < 1.29 is 0 Å². The van der Waals surface area contributed by atoms with Crippen LogP contribution in [-0.2, 0) is 0 Å². The Morgan fingerprint density at radius 2 is 1.95 bits per heavy atom. The van der Waals surface area contributed by atoms with Gasteiger partial charge in [-0.1, -0.05) is 23.7 Å². The van der Waals surface area contributed by atoms with Gasteiger partial charge in [0.1, 0.15) is 11.3 Å². The molecule has 0 amide bonds. The summed E-state index contributed by atoms with van der Waals surface area (Å²) in [5.74, 6) is 0.878. The zero-order chi connectivity index (χ0) is 13.6.